The summed E-state index contributed by atoms with van der Waals surface area (Å²) in [5, 5.41) is 62.3. The molecule has 1 aromatic rings. The van der Waals surface area contributed by atoms with Crippen LogP contribution < -0.4 is 0 Å². The van der Waals surface area contributed by atoms with Crippen LogP contribution in [0.4, 0.5) is 0 Å². The van der Waals surface area contributed by atoms with E-state index >= 15 is 0 Å². The molecule has 13 atom stereocenters. The maximum Gasteiger partial charge on any atom is 0.314 e. The molecule has 6 N–H and O–H groups in total. The van der Waals surface area contributed by atoms with Gasteiger partial charge in [0.15, 0.2) is 12.4 Å². The van der Waals surface area contributed by atoms with Crippen molar-refractivity contribution in [2.45, 2.75) is 134 Å². The van der Waals surface area contributed by atoms with Crippen molar-refractivity contribution in [2.24, 2.45) is 16.7 Å². The van der Waals surface area contributed by atoms with E-state index in [0.29, 0.717) is 6.42 Å². The maximum absolute atomic E-state index is 14.2. The fourth-order valence-corrected chi connectivity index (χ4v) is 8.14. The Bertz CT molecular complexity index is 1170. The quantitative estimate of drug-likeness (QED) is 0.180. The van der Waals surface area contributed by atoms with Crippen molar-refractivity contribution in [3.05, 3.63) is 35.3 Å². The van der Waals surface area contributed by atoms with Crippen LogP contribution in [0.1, 0.15) is 71.8 Å². The Labute approximate surface area is 257 Å². The lowest BCUT2D eigenvalue weighted by molar-refractivity contribution is -0.360. The second-order valence-electron chi connectivity index (χ2n) is 13.6. The van der Waals surface area contributed by atoms with Crippen molar-refractivity contribution in [2.75, 3.05) is 6.61 Å². The molecule has 12 heteroatoms. The third-order valence-electron chi connectivity index (χ3n) is 10.8. The van der Waals surface area contributed by atoms with E-state index in [2.05, 4.69) is 13.8 Å². The topological polar surface area (TPSA) is 189 Å². The number of aryl methyl sites for hydroxylation is 1. The van der Waals surface area contributed by atoms with Crippen molar-refractivity contribution in [3.8, 4) is 0 Å². The number of aliphatic hydroxyl groups is 6. The summed E-state index contributed by atoms with van der Waals surface area (Å²) in [7, 11) is 0. The van der Waals surface area contributed by atoms with Crippen molar-refractivity contribution >= 4 is 5.97 Å². The van der Waals surface area contributed by atoms with Gasteiger partial charge in [0.25, 0.3) is 0 Å². The summed E-state index contributed by atoms with van der Waals surface area (Å²) in [5.74, 6) is -0.581. The first-order valence-corrected chi connectivity index (χ1v) is 15.7. The van der Waals surface area contributed by atoms with Gasteiger partial charge in [0.1, 0.15) is 36.6 Å². The zero-order valence-electron chi connectivity index (χ0n) is 25.9. The molecule has 248 valence electrons. The van der Waals surface area contributed by atoms with Gasteiger partial charge in [-0.1, -0.05) is 24.5 Å². The van der Waals surface area contributed by atoms with Crippen LogP contribution in [0.25, 0.3) is 0 Å². The number of esters is 1. The van der Waals surface area contributed by atoms with Crippen LogP contribution in [0, 0.1) is 16.7 Å². The van der Waals surface area contributed by atoms with Gasteiger partial charge in [-0.05, 0) is 82.3 Å². The second-order valence-corrected chi connectivity index (χ2v) is 13.6. The zero-order chi connectivity index (χ0) is 32.0. The van der Waals surface area contributed by atoms with Crippen molar-refractivity contribution < 1.29 is 58.8 Å². The largest absolute Gasteiger partial charge is 0.472 e. The van der Waals surface area contributed by atoms with E-state index < -0.39 is 79.4 Å². The van der Waals surface area contributed by atoms with E-state index in [0.717, 1.165) is 44.1 Å². The first kappa shape index (κ1) is 33.5. The minimum Gasteiger partial charge on any atom is -0.472 e. The van der Waals surface area contributed by atoms with E-state index in [9.17, 15) is 35.4 Å². The lowest BCUT2D eigenvalue weighted by Gasteiger charge is -2.55. The monoisotopic (exact) mass is 624 g/mol. The number of hydrogen-bond acceptors (Lipinski definition) is 12. The predicted octanol–water partition coefficient (Wildman–Crippen LogP) is 1.33. The SMILES string of the molecule is CC1=C(CCc2ccoc2)[C@]2(C)CCC[C@](C)(C(=O)O[C@H]3O[C@@H](CO)[C@H](O)[C@@H](O)[C@@H]3O[C@@H]3O[C@@H](C)[C@H](O)[C@H](O)[C@@H]3O)[C@@H]2CC1. The van der Waals surface area contributed by atoms with Crippen LogP contribution in [-0.2, 0) is 30.2 Å². The number of allylic oxidation sites excluding steroid dienone is 2. The number of rotatable bonds is 8. The molecule has 1 saturated carbocycles. The van der Waals surface area contributed by atoms with Crippen LogP contribution in [0.15, 0.2) is 34.2 Å². The highest BCUT2D eigenvalue weighted by molar-refractivity contribution is 5.77. The standard InChI is InChI=1S/C32H48O12/c1-16-6-9-21-31(3,19(16)8-7-18-10-13-40-15-18)11-5-12-32(21,4)30(39)44-29-27(25(37)23(35)20(14-33)42-29)43-28-26(38)24(36)22(34)17(2)41-28/h10,13,15,17,20-29,33-38H,5-9,11-12,14H2,1-4H3/t17-,20-,21+,22-,23-,24-,25+,26-,27-,28-,29+,31-,32-/m0/s1. The molecule has 3 heterocycles. The van der Waals surface area contributed by atoms with Crippen LogP contribution >= 0.6 is 0 Å². The lowest BCUT2D eigenvalue weighted by Crippen LogP contribution is -2.64. The molecule has 0 unspecified atom stereocenters. The maximum atomic E-state index is 14.2. The number of fused-ring (bicyclic) bond motifs is 1. The summed E-state index contributed by atoms with van der Waals surface area (Å²) in [6.45, 7) is 7.14. The molecule has 4 aliphatic rings. The molecule has 5 rings (SSSR count). The molecule has 0 radical (unpaired) electrons. The van der Waals surface area contributed by atoms with Gasteiger partial charge < -0.3 is 54.0 Å². The Balaban J connectivity index is 1.37. The van der Waals surface area contributed by atoms with Gasteiger partial charge in [-0.2, -0.15) is 0 Å². The Morgan fingerprint density at radius 1 is 0.977 bits per heavy atom. The Hall–Kier alpha value is -1.87. The molecule has 2 saturated heterocycles. The van der Waals surface area contributed by atoms with Crippen molar-refractivity contribution in [3.63, 3.8) is 0 Å². The van der Waals surface area contributed by atoms with Crippen LogP contribution in [0.2, 0.25) is 0 Å². The van der Waals surface area contributed by atoms with E-state index in [1.807, 2.05) is 13.0 Å². The molecular weight excluding hydrogens is 576 g/mol. The first-order valence-electron chi connectivity index (χ1n) is 15.7. The Kier molecular flexibility index (Phi) is 9.97. The van der Waals surface area contributed by atoms with Crippen LogP contribution in [-0.4, -0.2) is 105 Å². The molecule has 0 aromatic carbocycles. The molecule has 3 fully saturated rings. The van der Waals surface area contributed by atoms with Crippen molar-refractivity contribution in [1.29, 1.82) is 0 Å². The van der Waals surface area contributed by atoms with Gasteiger partial charge in [0, 0.05) is 0 Å². The fraction of sp³-hybridized carbons (Fsp3) is 0.781. The van der Waals surface area contributed by atoms with E-state index in [1.54, 1.807) is 12.5 Å². The van der Waals surface area contributed by atoms with Gasteiger partial charge in [-0.15, -0.1) is 0 Å². The molecule has 44 heavy (non-hydrogen) atoms. The minimum atomic E-state index is -1.70. The third kappa shape index (κ3) is 6.01. The molecule has 2 aliphatic heterocycles. The molecule has 12 nitrogen and oxygen atoms in total. The molecule has 0 bridgehead atoms. The minimum absolute atomic E-state index is 0.0348. The Morgan fingerprint density at radius 3 is 2.41 bits per heavy atom. The number of carbonyl (C=O) groups is 1. The molecule has 0 spiro atoms. The fourth-order valence-electron chi connectivity index (χ4n) is 8.14. The number of ether oxygens (including phenoxy) is 4. The van der Waals surface area contributed by atoms with E-state index in [-0.39, 0.29) is 11.3 Å². The van der Waals surface area contributed by atoms with E-state index in [4.69, 9.17) is 23.4 Å². The number of aliphatic hydroxyl groups excluding tert-OH is 6. The summed E-state index contributed by atoms with van der Waals surface area (Å²) < 4.78 is 28.4. The predicted molar refractivity (Wildman–Crippen MR) is 154 cm³/mol. The average molecular weight is 625 g/mol. The van der Waals surface area contributed by atoms with Crippen molar-refractivity contribution in [1.82, 2.24) is 0 Å². The normalized spacial score (nSPS) is 44.7. The van der Waals surface area contributed by atoms with Gasteiger partial charge in [-0.3, -0.25) is 4.79 Å². The Morgan fingerprint density at radius 2 is 1.73 bits per heavy atom. The summed E-state index contributed by atoms with van der Waals surface area (Å²) in [6.07, 6.45) is -5.74. The number of furan rings is 1. The third-order valence-corrected chi connectivity index (χ3v) is 10.8. The summed E-state index contributed by atoms with van der Waals surface area (Å²) in [4.78, 5) is 14.2. The lowest BCUT2D eigenvalue weighted by atomic mass is 9.49. The average Bonchev–Trinajstić information content (AvgIpc) is 3.51. The second kappa shape index (κ2) is 13.1. The zero-order valence-corrected chi connectivity index (χ0v) is 25.9. The molecule has 2 aliphatic carbocycles. The van der Waals surface area contributed by atoms with Gasteiger partial charge >= 0.3 is 5.97 Å². The molecule has 0 amide bonds. The highest BCUT2D eigenvalue weighted by Crippen LogP contribution is 2.61. The highest BCUT2D eigenvalue weighted by atomic mass is 16.8. The number of hydrogen-bond donors (Lipinski definition) is 6. The highest BCUT2D eigenvalue weighted by Gasteiger charge is 2.58. The summed E-state index contributed by atoms with van der Waals surface area (Å²) in [6, 6.07) is 1.97. The number of carbonyl (C=O) groups excluding carboxylic acids is 1. The van der Waals surface area contributed by atoms with Crippen LogP contribution in [0.3, 0.4) is 0 Å². The van der Waals surface area contributed by atoms with Gasteiger partial charge in [0.05, 0.1) is 30.7 Å². The summed E-state index contributed by atoms with van der Waals surface area (Å²) >= 11 is 0. The van der Waals surface area contributed by atoms with Crippen LogP contribution in [0.5, 0.6) is 0 Å². The molecule has 1 aromatic heterocycles. The van der Waals surface area contributed by atoms with Gasteiger partial charge in [0.2, 0.25) is 6.29 Å². The summed E-state index contributed by atoms with van der Waals surface area (Å²) in [5.41, 5.74) is 2.69. The first-order chi connectivity index (χ1) is 20.8. The molecular formula is C32H48O12. The smallest absolute Gasteiger partial charge is 0.314 e. The van der Waals surface area contributed by atoms with Gasteiger partial charge in [-0.25, -0.2) is 0 Å². The van der Waals surface area contributed by atoms with E-state index in [1.165, 1.54) is 18.1 Å².